The van der Waals surface area contributed by atoms with Gasteiger partial charge in [0.1, 0.15) is 5.75 Å². The van der Waals surface area contributed by atoms with Gasteiger partial charge in [0.15, 0.2) is 0 Å². The van der Waals surface area contributed by atoms with Gasteiger partial charge >= 0.3 is 0 Å². The second-order valence-corrected chi connectivity index (χ2v) is 6.13. The Morgan fingerprint density at radius 2 is 2.10 bits per heavy atom. The highest BCUT2D eigenvalue weighted by atomic mass is 32.2. The van der Waals surface area contributed by atoms with E-state index in [-0.39, 0.29) is 0 Å². The lowest BCUT2D eigenvalue weighted by Gasteiger charge is -2.09. The maximum Gasteiger partial charge on any atom is 0.122 e. The van der Waals surface area contributed by atoms with Crippen LogP contribution in [0.5, 0.6) is 5.75 Å². The molecule has 1 aliphatic heterocycles. The van der Waals surface area contributed by atoms with Crippen LogP contribution >= 0.6 is 11.8 Å². The molecular formula is C17H19NOS. The van der Waals surface area contributed by atoms with E-state index in [4.69, 9.17) is 4.74 Å². The SMILES string of the molecule is CNCc1cccc(SCC2COc3ccccc32)c1. The molecule has 1 atom stereocenters. The third-order valence-corrected chi connectivity index (χ3v) is 4.69. The highest BCUT2D eigenvalue weighted by molar-refractivity contribution is 7.99. The standard InChI is InChI=1S/C17H19NOS/c1-18-10-13-5-4-6-15(9-13)20-12-14-11-19-17-8-3-2-7-16(14)17/h2-9,14,18H,10-12H2,1H3. The molecular weight excluding hydrogens is 266 g/mol. The predicted molar refractivity (Wildman–Crippen MR) is 84.6 cm³/mol. The molecule has 3 heteroatoms. The smallest absolute Gasteiger partial charge is 0.122 e. The molecule has 1 unspecified atom stereocenters. The molecule has 0 aromatic heterocycles. The summed E-state index contributed by atoms with van der Waals surface area (Å²) in [7, 11) is 1.98. The van der Waals surface area contributed by atoms with Crippen LogP contribution < -0.4 is 10.1 Å². The number of thioether (sulfide) groups is 1. The normalized spacial score (nSPS) is 16.8. The fourth-order valence-corrected chi connectivity index (χ4v) is 3.59. The molecule has 2 nitrogen and oxygen atoms in total. The minimum Gasteiger partial charge on any atom is -0.493 e. The van der Waals surface area contributed by atoms with E-state index in [1.54, 1.807) is 0 Å². The summed E-state index contributed by atoms with van der Waals surface area (Å²) >= 11 is 1.91. The number of rotatable bonds is 5. The van der Waals surface area contributed by atoms with Gasteiger partial charge < -0.3 is 10.1 Å². The first-order valence-electron chi connectivity index (χ1n) is 6.95. The van der Waals surface area contributed by atoms with Crippen LogP contribution in [0.25, 0.3) is 0 Å². The van der Waals surface area contributed by atoms with Crippen LogP contribution in [-0.4, -0.2) is 19.4 Å². The summed E-state index contributed by atoms with van der Waals surface area (Å²) in [6.45, 7) is 1.73. The van der Waals surface area contributed by atoms with Gasteiger partial charge in [-0.05, 0) is 30.8 Å². The zero-order chi connectivity index (χ0) is 13.8. The Labute approximate surface area is 124 Å². The Morgan fingerprint density at radius 3 is 3.00 bits per heavy atom. The van der Waals surface area contributed by atoms with Crippen molar-refractivity contribution in [3.05, 3.63) is 59.7 Å². The number of hydrogen-bond acceptors (Lipinski definition) is 3. The summed E-state index contributed by atoms with van der Waals surface area (Å²) in [5, 5.41) is 3.19. The first-order valence-corrected chi connectivity index (χ1v) is 7.93. The Kier molecular flexibility index (Phi) is 4.28. The predicted octanol–water partition coefficient (Wildman–Crippen LogP) is 3.67. The molecule has 1 heterocycles. The van der Waals surface area contributed by atoms with Gasteiger partial charge in [-0.15, -0.1) is 11.8 Å². The van der Waals surface area contributed by atoms with E-state index < -0.39 is 0 Å². The molecule has 1 N–H and O–H groups in total. The Balaban J connectivity index is 1.64. The summed E-state index contributed by atoms with van der Waals surface area (Å²) in [5.41, 5.74) is 2.69. The van der Waals surface area contributed by atoms with Crippen molar-refractivity contribution in [3.63, 3.8) is 0 Å². The van der Waals surface area contributed by atoms with Crippen molar-refractivity contribution in [2.75, 3.05) is 19.4 Å². The number of ether oxygens (including phenoxy) is 1. The Hall–Kier alpha value is -1.45. The fourth-order valence-electron chi connectivity index (χ4n) is 2.51. The second kappa shape index (κ2) is 6.33. The number of para-hydroxylation sites is 1. The molecule has 104 valence electrons. The van der Waals surface area contributed by atoms with Crippen molar-refractivity contribution in [2.24, 2.45) is 0 Å². The van der Waals surface area contributed by atoms with Gasteiger partial charge in [-0.3, -0.25) is 0 Å². The maximum atomic E-state index is 5.74. The topological polar surface area (TPSA) is 21.3 Å². The molecule has 0 spiro atoms. The first kappa shape index (κ1) is 13.5. The summed E-state index contributed by atoms with van der Waals surface area (Å²) < 4.78 is 5.74. The lowest BCUT2D eigenvalue weighted by molar-refractivity contribution is 0.339. The van der Waals surface area contributed by atoms with Gasteiger partial charge in [-0.2, -0.15) is 0 Å². The van der Waals surface area contributed by atoms with Crippen LogP contribution in [0.1, 0.15) is 17.0 Å². The minimum absolute atomic E-state index is 0.504. The third kappa shape index (κ3) is 3.00. The lowest BCUT2D eigenvalue weighted by atomic mass is 10.0. The fraction of sp³-hybridized carbons (Fsp3) is 0.294. The summed E-state index contributed by atoms with van der Waals surface area (Å²) in [4.78, 5) is 1.34. The number of fused-ring (bicyclic) bond motifs is 1. The maximum absolute atomic E-state index is 5.74. The van der Waals surface area contributed by atoms with Crippen LogP contribution in [0.15, 0.2) is 53.4 Å². The average molecular weight is 285 g/mol. The van der Waals surface area contributed by atoms with Crippen molar-refractivity contribution in [1.82, 2.24) is 5.32 Å². The highest BCUT2D eigenvalue weighted by Crippen LogP contribution is 2.36. The molecule has 20 heavy (non-hydrogen) atoms. The second-order valence-electron chi connectivity index (χ2n) is 5.03. The van der Waals surface area contributed by atoms with Crippen LogP contribution in [-0.2, 0) is 6.54 Å². The third-order valence-electron chi connectivity index (χ3n) is 3.53. The summed E-state index contributed by atoms with van der Waals surface area (Å²) in [6.07, 6.45) is 0. The van der Waals surface area contributed by atoms with E-state index in [2.05, 4.69) is 47.8 Å². The average Bonchev–Trinajstić information content (AvgIpc) is 2.89. The molecule has 2 aromatic carbocycles. The van der Waals surface area contributed by atoms with Gasteiger partial charge in [0.25, 0.3) is 0 Å². The Morgan fingerprint density at radius 1 is 1.20 bits per heavy atom. The molecule has 0 amide bonds. The molecule has 0 bridgehead atoms. The quantitative estimate of drug-likeness (QED) is 0.847. The van der Waals surface area contributed by atoms with Gasteiger partial charge in [0.05, 0.1) is 6.61 Å². The van der Waals surface area contributed by atoms with Gasteiger partial charge in [-0.25, -0.2) is 0 Å². The van der Waals surface area contributed by atoms with E-state index in [1.807, 2.05) is 24.9 Å². The summed E-state index contributed by atoms with van der Waals surface area (Å²) in [6, 6.07) is 17.1. The molecule has 0 radical (unpaired) electrons. The first-order chi connectivity index (χ1) is 9.86. The van der Waals surface area contributed by atoms with Crippen LogP contribution in [0, 0.1) is 0 Å². The minimum atomic E-state index is 0.504. The van der Waals surface area contributed by atoms with Crippen molar-refractivity contribution in [3.8, 4) is 5.75 Å². The van der Waals surface area contributed by atoms with Crippen molar-refractivity contribution in [2.45, 2.75) is 17.4 Å². The number of hydrogen-bond donors (Lipinski definition) is 1. The molecule has 0 saturated heterocycles. The van der Waals surface area contributed by atoms with E-state index in [1.165, 1.54) is 16.0 Å². The Bertz CT molecular complexity index is 585. The monoisotopic (exact) mass is 285 g/mol. The zero-order valence-electron chi connectivity index (χ0n) is 11.6. The molecule has 1 aliphatic rings. The van der Waals surface area contributed by atoms with Crippen LogP contribution in [0.3, 0.4) is 0 Å². The summed E-state index contributed by atoms with van der Waals surface area (Å²) in [5.74, 6) is 2.63. The molecule has 3 rings (SSSR count). The van der Waals surface area contributed by atoms with Crippen molar-refractivity contribution in [1.29, 1.82) is 0 Å². The molecule has 2 aromatic rings. The highest BCUT2D eigenvalue weighted by Gasteiger charge is 2.23. The molecule has 0 saturated carbocycles. The number of nitrogens with one attached hydrogen (secondary N) is 1. The van der Waals surface area contributed by atoms with Gasteiger partial charge in [-0.1, -0.05) is 30.3 Å². The number of benzene rings is 2. The molecule has 0 fully saturated rings. The van der Waals surface area contributed by atoms with Crippen LogP contribution in [0.4, 0.5) is 0 Å². The van der Waals surface area contributed by atoms with E-state index in [0.717, 1.165) is 24.7 Å². The van der Waals surface area contributed by atoms with Gasteiger partial charge in [0.2, 0.25) is 0 Å². The van der Waals surface area contributed by atoms with E-state index >= 15 is 0 Å². The van der Waals surface area contributed by atoms with E-state index in [0.29, 0.717) is 5.92 Å². The van der Waals surface area contributed by atoms with E-state index in [9.17, 15) is 0 Å². The van der Waals surface area contributed by atoms with Crippen molar-refractivity contribution >= 4 is 11.8 Å². The van der Waals surface area contributed by atoms with Crippen LogP contribution in [0.2, 0.25) is 0 Å². The zero-order valence-corrected chi connectivity index (χ0v) is 12.5. The lowest BCUT2D eigenvalue weighted by Crippen LogP contribution is -2.05. The molecule has 0 aliphatic carbocycles. The van der Waals surface area contributed by atoms with Gasteiger partial charge in [0, 0.05) is 28.7 Å². The van der Waals surface area contributed by atoms with Crippen molar-refractivity contribution < 1.29 is 4.74 Å². The largest absolute Gasteiger partial charge is 0.493 e.